The molecule has 0 aliphatic carbocycles. The molecule has 1 aromatic heterocycles. The van der Waals surface area contributed by atoms with E-state index in [-0.39, 0.29) is 17.0 Å². The van der Waals surface area contributed by atoms with Crippen molar-refractivity contribution in [3.8, 4) is 0 Å². The van der Waals surface area contributed by atoms with Gasteiger partial charge in [-0.15, -0.1) is 0 Å². The third kappa shape index (κ3) is 3.86. The van der Waals surface area contributed by atoms with E-state index >= 15 is 0 Å². The Bertz CT molecular complexity index is 693. The van der Waals surface area contributed by atoms with Gasteiger partial charge in [-0.2, -0.15) is 0 Å². The molecule has 0 radical (unpaired) electrons. The second kappa shape index (κ2) is 6.14. The Hall–Kier alpha value is -2.74. The maximum Gasteiger partial charge on any atom is 0.324 e. The average Bonchev–Trinajstić information content (AvgIpc) is 2.90. The predicted molar refractivity (Wildman–Crippen MR) is 76.7 cm³/mol. The van der Waals surface area contributed by atoms with E-state index in [1.807, 2.05) is 0 Å². The minimum Gasteiger partial charge on any atom is -0.481 e. The number of hydrogen-bond donors (Lipinski definition) is 2. The summed E-state index contributed by atoms with van der Waals surface area (Å²) < 4.78 is 0. The number of carbonyl (C=O) groups is 2. The molecule has 1 amide bonds. The van der Waals surface area contributed by atoms with Crippen LogP contribution in [0.15, 0.2) is 35.7 Å². The molecule has 108 valence electrons. The number of nitro groups is 1. The Morgan fingerprint density at radius 1 is 1.29 bits per heavy atom. The molecular weight excluding hydrogens is 296 g/mol. The molecule has 21 heavy (non-hydrogen) atoms. The minimum atomic E-state index is -0.933. The van der Waals surface area contributed by atoms with E-state index in [0.717, 1.165) is 11.3 Å². The van der Waals surface area contributed by atoms with Crippen LogP contribution in [0.25, 0.3) is 0 Å². The van der Waals surface area contributed by atoms with Crippen molar-refractivity contribution in [3.05, 3.63) is 57.0 Å². The Morgan fingerprint density at radius 3 is 2.48 bits per heavy atom. The molecule has 0 bridgehead atoms. The highest BCUT2D eigenvalue weighted by Crippen LogP contribution is 2.23. The van der Waals surface area contributed by atoms with Gasteiger partial charge < -0.3 is 10.4 Å². The van der Waals surface area contributed by atoms with Gasteiger partial charge in [-0.1, -0.05) is 23.5 Å². The van der Waals surface area contributed by atoms with Crippen molar-refractivity contribution in [1.29, 1.82) is 0 Å². The number of carboxylic acids is 1. The summed E-state index contributed by atoms with van der Waals surface area (Å²) in [7, 11) is 0. The maximum absolute atomic E-state index is 11.9. The molecule has 0 aliphatic rings. The first-order valence-corrected chi connectivity index (χ1v) is 6.68. The molecule has 0 saturated carbocycles. The SMILES string of the molecule is O=C(O)Cc1ccc(NC(=O)c2csc([N+](=O)[O-])c2)cc1. The number of hydrogen-bond acceptors (Lipinski definition) is 5. The Labute approximate surface area is 123 Å². The van der Waals surface area contributed by atoms with Gasteiger partial charge >= 0.3 is 11.0 Å². The first-order chi connectivity index (χ1) is 9.95. The maximum atomic E-state index is 11.9. The van der Waals surface area contributed by atoms with Gasteiger partial charge in [0, 0.05) is 17.1 Å². The zero-order valence-corrected chi connectivity index (χ0v) is 11.4. The summed E-state index contributed by atoms with van der Waals surface area (Å²) >= 11 is 0.881. The second-order valence-electron chi connectivity index (χ2n) is 4.15. The van der Waals surface area contributed by atoms with Crippen LogP contribution in [0, 0.1) is 10.1 Å². The Balaban J connectivity index is 2.04. The molecule has 8 heteroatoms. The monoisotopic (exact) mass is 306 g/mol. The standard InChI is InChI=1S/C13H10N2O5S/c16-12(17)5-8-1-3-10(4-2-8)14-13(18)9-6-11(15(19)20)21-7-9/h1-4,6-7H,5H2,(H,14,18)(H,16,17). The molecule has 7 nitrogen and oxygen atoms in total. The highest BCUT2D eigenvalue weighted by atomic mass is 32.1. The van der Waals surface area contributed by atoms with E-state index in [0.29, 0.717) is 11.3 Å². The van der Waals surface area contributed by atoms with Gasteiger partial charge in [0.15, 0.2) is 0 Å². The van der Waals surface area contributed by atoms with Crippen molar-refractivity contribution >= 4 is 33.9 Å². The molecule has 2 rings (SSSR count). The Morgan fingerprint density at radius 2 is 1.95 bits per heavy atom. The quantitative estimate of drug-likeness (QED) is 0.651. The van der Waals surface area contributed by atoms with Gasteiger partial charge in [0.25, 0.3) is 5.91 Å². The van der Waals surface area contributed by atoms with Gasteiger partial charge in [-0.3, -0.25) is 19.7 Å². The van der Waals surface area contributed by atoms with Crippen molar-refractivity contribution in [1.82, 2.24) is 0 Å². The van der Waals surface area contributed by atoms with Crippen LogP contribution in [-0.4, -0.2) is 21.9 Å². The van der Waals surface area contributed by atoms with Crippen LogP contribution in [0.3, 0.4) is 0 Å². The number of amides is 1. The summed E-state index contributed by atoms with van der Waals surface area (Å²) in [5.41, 5.74) is 1.32. The molecule has 0 aliphatic heterocycles. The molecule has 2 aromatic rings. The van der Waals surface area contributed by atoms with Crippen LogP contribution in [0.1, 0.15) is 15.9 Å². The Kier molecular flexibility index (Phi) is 4.29. The van der Waals surface area contributed by atoms with Crippen LogP contribution in [0.4, 0.5) is 10.7 Å². The van der Waals surface area contributed by atoms with E-state index in [4.69, 9.17) is 5.11 Å². The molecule has 1 heterocycles. The van der Waals surface area contributed by atoms with Crippen LogP contribution in [0.5, 0.6) is 0 Å². The van der Waals surface area contributed by atoms with E-state index in [2.05, 4.69) is 5.32 Å². The van der Waals surface area contributed by atoms with E-state index in [1.54, 1.807) is 24.3 Å². The molecule has 0 saturated heterocycles. The van der Waals surface area contributed by atoms with E-state index in [1.165, 1.54) is 11.4 Å². The summed E-state index contributed by atoms with van der Waals surface area (Å²) in [4.78, 5) is 32.4. The molecule has 0 atom stereocenters. The number of carbonyl (C=O) groups excluding carboxylic acids is 1. The van der Waals surface area contributed by atoms with E-state index in [9.17, 15) is 19.7 Å². The van der Waals surface area contributed by atoms with Crippen molar-refractivity contribution in [3.63, 3.8) is 0 Å². The summed E-state index contributed by atoms with van der Waals surface area (Å²) in [5, 5.41) is 23.1. The fourth-order valence-electron chi connectivity index (χ4n) is 1.62. The summed E-state index contributed by atoms with van der Waals surface area (Å²) in [6.07, 6.45) is -0.0923. The first-order valence-electron chi connectivity index (χ1n) is 5.80. The number of carboxylic acid groups (broad SMARTS) is 1. The normalized spacial score (nSPS) is 10.1. The van der Waals surface area contributed by atoms with Crippen molar-refractivity contribution in [2.24, 2.45) is 0 Å². The number of benzene rings is 1. The molecule has 1 aromatic carbocycles. The van der Waals surface area contributed by atoms with Crippen LogP contribution >= 0.6 is 11.3 Å². The average molecular weight is 306 g/mol. The largest absolute Gasteiger partial charge is 0.481 e. The zero-order valence-electron chi connectivity index (χ0n) is 10.6. The lowest BCUT2D eigenvalue weighted by Crippen LogP contribution is -2.10. The summed E-state index contributed by atoms with van der Waals surface area (Å²) in [6.45, 7) is 0. The minimum absolute atomic E-state index is 0.0923. The molecule has 0 spiro atoms. The highest BCUT2D eigenvalue weighted by Gasteiger charge is 2.15. The lowest BCUT2D eigenvalue weighted by Gasteiger charge is -2.04. The molecule has 0 fully saturated rings. The lowest BCUT2D eigenvalue weighted by molar-refractivity contribution is -0.380. The van der Waals surface area contributed by atoms with Gasteiger partial charge in [0.1, 0.15) is 0 Å². The molecular formula is C13H10N2O5S. The molecule has 2 N–H and O–H groups in total. The lowest BCUT2D eigenvalue weighted by atomic mass is 10.1. The summed E-state index contributed by atoms with van der Waals surface area (Å²) in [5.74, 6) is -1.39. The van der Waals surface area contributed by atoms with Crippen LogP contribution < -0.4 is 5.32 Å². The second-order valence-corrected chi connectivity index (χ2v) is 5.04. The van der Waals surface area contributed by atoms with Crippen LogP contribution in [-0.2, 0) is 11.2 Å². The number of nitrogens with zero attached hydrogens (tertiary/aromatic N) is 1. The molecule has 0 unspecified atom stereocenters. The number of nitrogens with one attached hydrogen (secondary N) is 1. The fourth-order valence-corrected chi connectivity index (χ4v) is 2.33. The highest BCUT2D eigenvalue weighted by molar-refractivity contribution is 7.13. The number of rotatable bonds is 5. The van der Waals surface area contributed by atoms with Gasteiger partial charge in [-0.05, 0) is 17.7 Å². The third-order valence-corrected chi connectivity index (χ3v) is 3.48. The van der Waals surface area contributed by atoms with Crippen LogP contribution in [0.2, 0.25) is 0 Å². The number of aliphatic carboxylic acids is 1. The van der Waals surface area contributed by atoms with Crippen molar-refractivity contribution < 1.29 is 19.6 Å². The van der Waals surface area contributed by atoms with E-state index < -0.39 is 16.8 Å². The van der Waals surface area contributed by atoms with Gasteiger partial charge in [0.2, 0.25) is 0 Å². The number of anilines is 1. The van der Waals surface area contributed by atoms with Crippen molar-refractivity contribution in [2.75, 3.05) is 5.32 Å². The first kappa shape index (κ1) is 14.7. The topological polar surface area (TPSA) is 110 Å². The zero-order chi connectivity index (χ0) is 15.4. The smallest absolute Gasteiger partial charge is 0.324 e. The third-order valence-electron chi connectivity index (χ3n) is 2.59. The predicted octanol–water partition coefficient (Wildman–Crippen LogP) is 2.54. The van der Waals surface area contributed by atoms with Crippen molar-refractivity contribution in [2.45, 2.75) is 6.42 Å². The number of thiophene rings is 1. The van der Waals surface area contributed by atoms with Gasteiger partial charge in [0.05, 0.1) is 16.9 Å². The summed E-state index contributed by atoms with van der Waals surface area (Å²) in [6, 6.07) is 7.56. The van der Waals surface area contributed by atoms with Gasteiger partial charge in [-0.25, -0.2) is 0 Å². The fraction of sp³-hybridized carbons (Fsp3) is 0.0769.